The fourth-order valence-corrected chi connectivity index (χ4v) is 7.58. The number of anilines is 3. The molecule has 262 valence electrons. The number of aliphatic carboxylic acids is 1. The topological polar surface area (TPSA) is 152 Å². The maximum atomic E-state index is 11.4. The molecule has 3 aromatic heterocycles. The van der Waals surface area contributed by atoms with Gasteiger partial charge in [-0.05, 0) is 97.3 Å². The van der Waals surface area contributed by atoms with E-state index in [9.17, 15) is 20.3 Å². The highest BCUT2D eigenvalue weighted by Crippen LogP contribution is 2.39. The highest BCUT2D eigenvalue weighted by Gasteiger charge is 2.37. The van der Waals surface area contributed by atoms with E-state index >= 15 is 0 Å². The van der Waals surface area contributed by atoms with E-state index in [0.717, 1.165) is 75.2 Å². The van der Waals surface area contributed by atoms with Gasteiger partial charge >= 0.3 is 5.97 Å². The lowest BCUT2D eigenvalue weighted by Gasteiger charge is -2.40. The van der Waals surface area contributed by atoms with Crippen molar-refractivity contribution in [2.45, 2.75) is 51.8 Å². The van der Waals surface area contributed by atoms with Crippen LogP contribution in [0.25, 0.3) is 44.6 Å². The number of pyridine rings is 2. The molecule has 1 saturated carbocycles. The third-order valence-electron chi connectivity index (χ3n) is 10.8. The Morgan fingerprint density at radius 1 is 1.06 bits per heavy atom. The van der Waals surface area contributed by atoms with Crippen molar-refractivity contribution < 1.29 is 19.4 Å². The number of benzene rings is 3. The number of hydrogen-bond donors (Lipinski definition) is 3. The van der Waals surface area contributed by atoms with Gasteiger partial charge in [0.1, 0.15) is 17.1 Å². The highest BCUT2D eigenvalue weighted by molar-refractivity contribution is 5.92. The lowest BCUT2D eigenvalue weighted by molar-refractivity contribution is -0.145. The Morgan fingerprint density at radius 2 is 1.83 bits per heavy atom. The number of β-amino-alcohol motifs (C(OH)–C–C–N with tert-alkyl or cyclic N) is 1. The molecule has 1 aliphatic heterocycles. The van der Waals surface area contributed by atoms with Crippen LogP contribution in [-0.4, -0.2) is 68.3 Å². The van der Waals surface area contributed by atoms with E-state index in [-0.39, 0.29) is 18.1 Å². The monoisotopic (exact) mass is 693 g/mol. The fourth-order valence-electron chi connectivity index (χ4n) is 7.58. The standard InChI is InChI=1S/C41H39N7O4/c1-23-32(6-4-8-34(23)40-46-36-18-30(17-28(19-42)38(36)52-40)47(3)29-15-27(16-29)41(50)51)33-7-5-9-35(24(33)2)45-39-37-26(10-12-43-39)14-25(20-44-37)21-48-13-11-31(49)22-48/h4-10,12,14,17-18,20,27,29,31,49H,11,13,15-16,21-22H2,1-3H3,(H,43,45)(H,50,51)/t27-,29-,31-/m1/s1. The Hall–Kier alpha value is -5.83. The number of carboxylic acid groups (broad SMARTS) is 1. The van der Waals surface area contributed by atoms with Gasteiger partial charge in [0.25, 0.3) is 0 Å². The van der Waals surface area contributed by atoms with Gasteiger partial charge in [0.15, 0.2) is 11.4 Å². The van der Waals surface area contributed by atoms with Gasteiger partial charge in [-0.15, -0.1) is 0 Å². The zero-order valence-corrected chi connectivity index (χ0v) is 29.3. The summed E-state index contributed by atoms with van der Waals surface area (Å²) in [5, 5.41) is 33.8. The van der Waals surface area contributed by atoms with E-state index in [4.69, 9.17) is 14.4 Å². The average Bonchev–Trinajstić information content (AvgIpc) is 3.73. The number of nitrogens with zero attached hydrogens (tertiary/aromatic N) is 6. The molecule has 1 aliphatic carbocycles. The van der Waals surface area contributed by atoms with Crippen molar-refractivity contribution in [2.75, 3.05) is 30.4 Å². The second kappa shape index (κ2) is 13.4. The minimum absolute atomic E-state index is 0.0885. The number of carboxylic acids is 1. The number of rotatable bonds is 9. The van der Waals surface area contributed by atoms with E-state index in [1.807, 2.05) is 54.5 Å². The predicted molar refractivity (Wildman–Crippen MR) is 200 cm³/mol. The summed E-state index contributed by atoms with van der Waals surface area (Å²) in [4.78, 5) is 30.0. The summed E-state index contributed by atoms with van der Waals surface area (Å²) >= 11 is 0. The first-order valence-electron chi connectivity index (χ1n) is 17.6. The number of nitrogens with one attached hydrogen (secondary N) is 1. The van der Waals surface area contributed by atoms with Gasteiger partial charge in [0.05, 0.1) is 17.6 Å². The minimum Gasteiger partial charge on any atom is -0.481 e. The second-order valence-corrected chi connectivity index (χ2v) is 14.1. The van der Waals surface area contributed by atoms with Crippen molar-refractivity contribution in [3.05, 3.63) is 95.3 Å². The molecule has 1 saturated heterocycles. The fraction of sp³-hybridized carbons (Fsp3) is 0.293. The minimum atomic E-state index is -0.765. The number of carbonyl (C=O) groups is 1. The van der Waals surface area contributed by atoms with E-state index in [1.165, 1.54) is 0 Å². The molecule has 0 radical (unpaired) electrons. The molecular weight excluding hydrogens is 654 g/mol. The Kier molecular flexibility index (Phi) is 8.57. The number of hydrogen-bond acceptors (Lipinski definition) is 10. The molecule has 4 heterocycles. The molecule has 11 heteroatoms. The molecule has 11 nitrogen and oxygen atoms in total. The molecule has 6 aromatic rings. The first-order chi connectivity index (χ1) is 25.2. The smallest absolute Gasteiger partial charge is 0.306 e. The van der Waals surface area contributed by atoms with E-state index in [2.05, 4.69) is 53.3 Å². The molecule has 3 aromatic carbocycles. The van der Waals surface area contributed by atoms with Crippen molar-refractivity contribution in [3.8, 4) is 28.7 Å². The molecule has 52 heavy (non-hydrogen) atoms. The number of aliphatic hydroxyl groups excluding tert-OH is 1. The lowest BCUT2D eigenvalue weighted by atomic mass is 9.79. The molecule has 0 spiro atoms. The number of nitriles is 1. The molecule has 1 atom stereocenters. The summed E-state index contributed by atoms with van der Waals surface area (Å²) in [6, 6.07) is 22.4. The van der Waals surface area contributed by atoms with Crippen molar-refractivity contribution in [1.29, 1.82) is 5.26 Å². The number of aromatic nitrogens is 3. The number of likely N-dealkylation sites (tertiary alicyclic amines) is 1. The SMILES string of the molecule is Cc1c(Nc2nccc3cc(CN4CC[C@@H](O)C4)cnc23)cccc1-c1cccc(-c2nc3cc(N(C)[C@H]4C[C@H](C(=O)O)C4)cc(C#N)c3o2)c1C. The first-order valence-corrected chi connectivity index (χ1v) is 17.6. The van der Waals surface area contributed by atoms with E-state index < -0.39 is 5.97 Å². The maximum absolute atomic E-state index is 11.4. The highest BCUT2D eigenvalue weighted by atomic mass is 16.4. The van der Waals surface area contributed by atoms with Crippen LogP contribution in [0.2, 0.25) is 0 Å². The molecule has 2 aliphatic rings. The normalized spacial score (nSPS) is 18.7. The van der Waals surface area contributed by atoms with Gasteiger partial charge < -0.3 is 24.8 Å². The summed E-state index contributed by atoms with van der Waals surface area (Å²) in [6.45, 7) is 6.46. The van der Waals surface area contributed by atoms with Gasteiger partial charge in [0.2, 0.25) is 5.89 Å². The average molecular weight is 694 g/mol. The van der Waals surface area contributed by atoms with Gasteiger partial charge in [-0.3, -0.25) is 14.7 Å². The van der Waals surface area contributed by atoms with Crippen LogP contribution in [-0.2, 0) is 11.3 Å². The van der Waals surface area contributed by atoms with Gasteiger partial charge in [-0.2, -0.15) is 5.26 Å². The van der Waals surface area contributed by atoms with Crippen LogP contribution in [0.4, 0.5) is 17.2 Å². The zero-order chi connectivity index (χ0) is 36.1. The van der Waals surface area contributed by atoms with E-state index in [0.29, 0.717) is 47.8 Å². The largest absolute Gasteiger partial charge is 0.481 e. The van der Waals surface area contributed by atoms with Crippen LogP contribution in [0.3, 0.4) is 0 Å². The Bertz CT molecular complexity index is 2390. The molecule has 0 unspecified atom stereocenters. The van der Waals surface area contributed by atoms with Gasteiger partial charge in [0, 0.05) is 67.4 Å². The Labute approximate surface area is 301 Å². The zero-order valence-electron chi connectivity index (χ0n) is 29.3. The van der Waals surface area contributed by atoms with Crippen LogP contribution >= 0.6 is 0 Å². The van der Waals surface area contributed by atoms with Crippen LogP contribution < -0.4 is 10.2 Å². The quantitative estimate of drug-likeness (QED) is 0.141. The van der Waals surface area contributed by atoms with Crippen molar-refractivity contribution in [2.24, 2.45) is 5.92 Å². The summed E-state index contributed by atoms with van der Waals surface area (Å²) in [7, 11) is 1.93. The van der Waals surface area contributed by atoms with Crippen LogP contribution in [0.5, 0.6) is 0 Å². The molecule has 0 amide bonds. The van der Waals surface area contributed by atoms with Crippen LogP contribution in [0.15, 0.2) is 77.5 Å². The van der Waals surface area contributed by atoms with Crippen molar-refractivity contribution >= 4 is 45.2 Å². The van der Waals surface area contributed by atoms with Gasteiger partial charge in [-0.1, -0.05) is 24.3 Å². The number of fused-ring (bicyclic) bond motifs is 2. The summed E-state index contributed by atoms with van der Waals surface area (Å²) in [5.74, 6) is 0.0103. The first kappa shape index (κ1) is 33.3. The van der Waals surface area contributed by atoms with E-state index in [1.54, 1.807) is 12.3 Å². The van der Waals surface area contributed by atoms with Crippen molar-refractivity contribution in [3.63, 3.8) is 0 Å². The summed E-state index contributed by atoms with van der Waals surface area (Å²) < 4.78 is 6.28. The predicted octanol–water partition coefficient (Wildman–Crippen LogP) is 7.20. The van der Waals surface area contributed by atoms with Gasteiger partial charge in [-0.25, -0.2) is 9.97 Å². The Morgan fingerprint density at radius 3 is 2.58 bits per heavy atom. The van der Waals surface area contributed by atoms with Crippen LogP contribution in [0.1, 0.15) is 41.5 Å². The third-order valence-corrected chi connectivity index (χ3v) is 10.8. The third kappa shape index (κ3) is 6.10. The summed E-state index contributed by atoms with van der Waals surface area (Å²) in [5.41, 5.74) is 9.94. The molecule has 2 fully saturated rings. The molecule has 3 N–H and O–H groups in total. The maximum Gasteiger partial charge on any atom is 0.306 e. The summed E-state index contributed by atoms with van der Waals surface area (Å²) in [6.07, 6.45) is 5.38. The second-order valence-electron chi connectivity index (χ2n) is 14.1. The Balaban J connectivity index is 1.08. The van der Waals surface area contributed by atoms with Crippen molar-refractivity contribution in [1.82, 2.24) is 19.9 Å². The number of oxazole rings is 1. The molecular formula is C41H39N7O4. The lowest BCUT2D eigenvalue weighted by Crippen LogP contribution is -2.45. The van der Waals surface area contributed by atoms with Crippen LogP contribution in [0, 0.1) is 31.1 Å². The molecule has 0 bridgehead atoms. The number of aliphatic hydroxyl groups is 1. The molecule has 8 rings (SSSR count).